The number of carbonyl (C=O) groups is 1. The molecule has 0 radical (unpaired) electrons. The Morgan fingerprint density at radius 3 is 2.67 bits per heavy atom. The Kier molecular flexibility index (Phi) is 5.56. The molecule has 0 aliphatic carbocycles. The first-order chi connectivity index (χ1) is 14.6. The van der Waals surface area contributed by atoms with Gasteiger partial charge in [-0.3, -0.25) is 4.79 Å². The lowest BCUT2D eigenvalue weighted by Crippen LogP contribution is -2.32. The summed E-state index contributed by atoms with van der Waals surface area (Å²) in [5.74, 6) is 2.68. The summed E-state index contributed by atoms with van der Waals surface area (Å²) in [5.41, 5.74) is 1.28. The maximum Gasteiger partial charge on any atom is 0.251 e. The van der Waals surface area contributed by atoms with Crippen LogP contribution in [0.3, 0.4) is 0 Å². The fourth-order valence-corrected chi connectivity index (χ4v) is 3.16. The zero-order chi connectivity index (χ0) is 21.1. The maximum atomic E-state index is 12.8. The van der Waals surface area contributed by atoms with Gasteiger partial charge in [0.05, 0.1) is 7.11 Å². The van der Waals surface area contributed by atoms with E-state index in [9.17, 15) is 4.79 Å². The van der Waals surface area contributed by atoms with Gasteiger partial charge in [0, 0.05) is 11.1 Å². The van der Waals surface area contributed by atoms with Gasteiger partial charge in [-0.2, -0.15) is 4.98 Å². The minimum atomic E-state index is -0.417. The molecule has 0 spiro atoms. The molecule has 1 amide bonds. The fourth-order valence-electron chi connectivity index (χ4n) is 3.16. The highest BCUT2D eigenvalue weighted by Crippen LogP contribution is 2.35. The lowest BCUT2D eigenvalue weighted by atomic mass is 9.98. The molecule has 0 saturated heterocycles. The van der Waals surface area contributed by atoms with Gasteiger partial charge in [0.1, 0.15) is 11.8 Å². The maximum absolute atomic E-state index is 12.8. The van der Waals surface area contributed by atoms with Crippen LogP contribution in [0, 0.1) is 5.92 Å². The number of nitrogens with one attached hydrogen (secondary N) is 1. The summed E-state index contributed by atoms with van der Waals surface area (Å²) in [6.45, 7) is 4.28. The number of benzene rings is 2. The van der Waals surface area contributed by atoms with Crippen LogP contribution in [0.5, 0.6) is 17.2 Å². The number of carbonyl (C=O) groups excluding carboxylic acids is 1. The van der Waals surface area contributed by atoms with E-state index >= 15 is 0 Å². The third-order valence-electron chi connectivity index (χ3n) is 5.19. The molecule has 0 bridgehead atoms. The lowest BCUT2D eigenvalue weighted by molar-refractivity contribution is 0.0910. The number of aromatic nitrogens is 2. The summed E-state index contributed by atoms with van der Waals surface area (Å²) < 4.78 is 21.4. The summed E-state index contributed by atoms with van der Waals surface area (Å²) >= 11 is 0. The summed E-state index contributed by atoms with van der Waals surface area (Å²) in [7, 11) is 1.58. The van der Waals surface area contributed by atoms with Crippen LogP contribution in [0.1, 0.15) is 42.6 Å². The number of methoxy groups -OCH3 is 1. The number of fused-ring (bicyclic) bond motifs is 1. The molecule has 8 heteroatoms. The van der Waals surface area contributed by atoms with Gasteiger partial charge in [-0.1, -0.05) is 25.4 Å². The molecule has 2 atom stereocenters. The van der Waals surface area contributed by atoms with Gasteiger partial charge >= 0.3 is 0 Å². The van der Waals surface area contributed by atoms with Gasteiger partial charge in [-0.05, 0) is 48.4 Å². The van der Waals surface area contributed by atoms with E-state index in [1.165, 1.54) is 0 Å². The van der Waals surface area contributed by atoms with E-state index in [2.05, 4.69) is 15.5 Å². The Hall–Kier alpha value is -3.55. The van der Waals surface area contributed by atoms with E-state index in [0.29, 0.717) is 34.5 Å². The van der Waals surface area contributed by atoms with Crippen molar-refractivity contribution in [2.45, 2.75) is 26.3 Å². The van der Waals surface area contributed by atoms with E-state index < -0.39 is 6.04 Å². The lowest BCUT2D eigenvalue weighted by Gasteiger charge is -2.20. The molecular formula is C22H23N3O5. The molecule has 4 rings (SSSR count). The highest BCUT2D eigenvalue weighted by Gasteiger charge is 2.27. The van der Waals surface area contributed by atoms with Crippen LogP contribution in [0.15, 0.2) is 47.0 Å². The molecule has 1 aromatic heterocycles. The number of hydrogen-bond donors (Lipinski definition) is 1. The topological polar surface area (TPSA) is 95.7 Å². The molecule has 0 saturated carbocycles. The molecule has 156 valence electrons. The first-order valence-corrected chi connectivity index (χ1v) is 9.77. The van der Waals surface area contributed by atoms with Crippen LogP contribution < -0.4 is 19.5 Å². The number of hydrogen-bond acceptors (Lipinski definition) is 7. The highest BCUT2D eigenvalue weighted by molar-refractivity contribution is 5.94. The number of amides is 1. The van der Waals surface area contributed by atoms with Crippen LogP contribution >= 0.6 is 0 Å². The minimum Gasteiger partial charge on any atom is -0.497 e. The van der Waals surface area contributed by atoms with Crippen LogP contribution in [0.2, 0.25) is 0 Å². The number of nitrogens with zero attached hydrogens (tertiary/aromatic N) is 2. The summed E-state index contributed by atoms with van der Waals surface area (Å²) in [6.07, 6.45) is 0.829. The van der Waals surface area contributed by atoms with Crippen LogP contribution in [0.25, 0.3) is 11.4 Å². The zero-order valence-corrected chi connectivity index (χ0v) is 17.0. The predicted octanol–water partition coefficient (Wildman–Crippen LogP) is 3.99. The molecule has 1 aliphatic heterocycles. The second-order valence-corrected chi connectivity index (χ2v) is 7.09. The third kappa shape index (κ3) is 3.94. The second-order valence-electron chi connectivity index (χ2n) is 7.09. The Bertz CT molecular complexity index is 1030. The van der Waals surface area contributed by atoms with Crippen molar-refractivity contribution in [3.05, 3.63) is 53.9 Å². The van der Waals surface area contributed by atoms with Crippen molar-refractivity contribution in [1.29, 1.82) is 0 Å². The monoisotopic (exact) mass is 409 g/mol. The molecular weight excluding hydrogens is 386 g/mol. The molecule has 1 aliphatic rings. The Morgan fingerprint density at radius 2 is 1.93 bits per heavy atom. The van der Waals surface area contributed by atoms with Gasteiger partial charge in [-0.25, -0.2) is 0 Å². The first-order valence-electron chi connectivity index (χ1n) is 9.77. The van der Waals surface area contributed by atoms with Crippen LogP contribution in [-0.2, 0) is 0 Å². The fraction of sp³-hybridized carbons (Fsp3) is 0.318. The summed E-state index contributed by atoms with van der Waals surface area (Å²) in [4.78, 5) is 17.3. The molecule has 8 nitrogen and oxygen atoms in total. The minimum absolute atomic E-state index is 0.0947. The molecule has 2 aromatic carbocycles. The Labute approximate surface area is 174 Å². The predicted molar refractivity (Wildman–Crippen MR) is 109 cm³/mol. The highest BCUT2D eigenvalue weighted by atomic mass is 16.7. The molecule has 2 unspecified atom stereocenters. The second kappa shape index (κ2) is 8.44. The first kappa shape index (κ1) is 19.8. The molecule has 3 aromatic rings. The summed E-state index contributed by atoms with van der Waals surface area (Å²) in [5, 5.41) is 7.13. The molecule has 0 fully saturated rings. The van der Waals surface area contributed by atoms with Crippen molar-refractivity contribution in [3.63, 3.8) is 0 Å². The van der Waals surface area contributed by atoms with E-state index in [1.807, 2.05) is 32.0 Å². The SMILES string of the molecule is CCC(C)C(NC(=O)c1ccc(OC)cc1)c1nc(-c2ccc3c(c2)OCO3)no1. The smallest absolute Gasteiger partial charge is 0.251 e. The average molecular weight is 409 g/mol. The van der Waals surface area contributed by atoms with Gasteiger partial charge in [0.15, 0.2) is 11.5 Å². The van der Waals surface area contributed by atoms with Crippen molar-refractivity contribution in [3.8, 4) is 28.6 Å². The Balaban J connectivity index is 1.56. The van der Waals surface area contributed by atoms with Gasteiger partial charge in [-0.15, -0.1) is 0 Å². The van der Waals surface area contributed by atoms with E-state index in [1.54, 1.807) is 31.4 Å². The molecule has 1 N–H and O–H groups in total. The van der Waals surface area contributed by atoms with Crippen molar-refractivity contribution in [2.24, 2.45) is 5.92 Å². The van der Waals surface area contributed by atoms with Crippen molar-refractivity contribution in [2.75, 3.05) is 13.9 Å². The standard InChI is InChI=1S/C22H23N3O5/c1-4-13(2)19(23-21(26)14-5-8-16(27-3)9-6-14)22-24-20(25-30-22)15-7-10-17-18(11-15)29-12-28-17/h5-11,13,19H,4,12H2,1-3H3,(H,23,26). The zero-order valence-electron chi connectivity index (χ0n) is 17.0. The van der Waals surface area contributed by atoms with Gasteiger partial charge < -0.3 is 24.1 Å². The third-order valence-corrected chi connectivity index (χ3v) is 5.19. The quantitative estimate of drug-likeness (QED) is 0.630. The van der Waals surface area contributed by atoms with E-state index in [4.69, 9.17) is 18.7 Å². The van der Waals surface area contributed by atoms with E-state index in [0.717, 1.165) is 12.0 Å². The Morgan fingerprint density at radius 1 is 1.17 bits per heavy atom. The largest absolute Gasteiger partial charge is 0.497 e. The molecule has 30 heavy (non-hydrogen) atoms. The number of ether oxygens (including phenoxy) is 3. The van der Waals surface area contributed by atoms with Crippen LogP contribution in [0.4, 0.5) is 0 Å². The normalized spacial score (nSPS) is 14.2. The van der Waals surface area contributed by atoms with Crippen molar-refractivity contribution >= 4 is 5.91 Å². The van der Waals surface area contributed by atoms with Crippen molar-refractivity contribution < 1.29 is 23.5 Å². The summed E-state index contributed by atoms with van der Waals surface area (Å²) in [6, 6.07) is 12.0. The van der Waals surface area contributed by atoms with Crippen LogP contribution in [-0.4, -0.2) is 30.0 Å². The molecule has 2 heterocycles. The van der Waals surface area contributed by atoms with Gasteiger partial charge in [0.2, 0.25) is 18.5 Å². The average Bonchev–Trinajstić information content (AvgIpc) is 3.46. The number of rotatable bonds is 7. The van der Waals surface area contributed by atoms with Gasteiger partial charge in [0.25, 0.3) is 5.91 Å². The van der Waals surface area contributed by atoms with E-state index in [-0.39, 0.29) is 18.6 Å². The van der Waals surface area contributed by atoms with Crippen molar-refractivity contribution in [1.82, 2.24) is 15.5 Å².